The van der Waals surface area contributed by atoms with Crippen LogP contribution in [0.25, 0.3) is 0 Å². The zero-order chi connectivity index (χ0) is 27.9. The molecule has 1 aliphatic heterocycles. The van der Waals surface area contributed by atoms with Crippen LogP contribution in [0, 0.1) is 0 Å². The second-order valence-corrected chi connectivity index (χ2v) is 12.2. The van der Waals surface area contributed by atoms with Gasteiger partial charge < -0.3 is 14.6 Å². The summed E-state index contributed by atoms with van der Waals surface area (Å²) in [5.74, 6) is -0.379. The normalized spacial score (nSPS) is 25.2. The predicted molar refractivity (Wildman–Crippen MR) is 168 cm³/mol. The lowest BCUT2D eigenvalue weighted by Gasteiger charge is -2.30. The van der Waals surface area contributed by atoms with Crippen LogP contribution in [0.4, 0.5) is 0 Å². The molecular weight excluding hydrogens is 480 g/mol. The van der Waals surface area contributed by atoms with Crippen LogP contribution in [0.2, 0.25) is 0 Å². The van der Waals surface area contributed by atoms with Crippen molar-refractivity contribution in [1.82, 2.24) is 0 Å². The summed E-state index contributed by atoms with van der Waals surface area (Å²) in [6.45, 7) is 4.46. The van der Waals surface area contributed by atoms with E-state index >= 15 is 0 Å². The summed E-state index contributed by atoms with van der Waals surface area (Å²) >= 11 is 0. The van der Waals surface area contributed by atoms with Crippen molar-refractivity contribution in [2.45, 2.75) is 192 Å². The molecule has 1 aliphatic carbocycles. The molecule has 4 atom stereocenters. The molecule has 39 heavy (non-hydrogen) atoms. The summed E-state index contributed by atoms with van der Waals surface area (Å²) in [5, 5.41) is 10.0. The summed E-state index contributed by atoms with van der Waals surface area (Å²) in [7, 11) is 0. The van der Waals surface area contributed by atoms with Gasteiger partial charge in [-0.1, -0.05) is 115 Å². The van der Waals surface area contributed by atoms with Crippen LogP contribution in [-0.4, -0.2) is 29.2 Å². The fourth-order valence-corrected chi connectivity index (χ4v) is 6.16. The van der Waals surface area contributed by atoms with Crippen molar-refractivity contribution < 1.29 is 14.6 Å². The third-order valence-corrected chi connectivity index (χ3v) is 8.49. The number of ether oxygens (including phenoxy) is 2. The number of hydrogen-bond acceptors (Lipinski definition) is 3. The van der Waals surface area contributed by atoms with Crippen LogP contribution in [0.3, 0.4) is 0 Å². The minimum absolute atomic E-state index is 0.112. The Morgan fingerprint density at radius 2 is 1.00 bits per heavy atom. The Morgan fingerprint density at radius 3 is 1.49 bits per heavy atom. The van der Waals surface area contributed by atoms with Gasteiger partial charge in [0.2, 0.25) is 0 Å². The van der Waals surface area contributed by atoms with Gasteiger partial charge in [0.05, 0.1) is 18.3 Å². The first kappa shape index (κ1) is 34.3. The van der Waals surface area contributed by atoms with E-state index in [1.807, 2.05) is 0 Å². The number of hydrogen-bond donors (Lipinski definition) is 1. The Kier molecular flexibility index (Phi) is 20.0. The van der Waals surface area contributed by atoms with Crippen LogP contribution in [0.15, 0.2) is 36.5 Å². The van der Waals surface area contributed by atoms with Gasteiger partial charge >= 0.3 is 0 Å². The fourth-order valence-electron chi connectivity index (χ4n) is 6.16. The first-order chi connectivity index (χ1) is 19.2. The van der Waals surface area contributed by atoms with Gasteiger partial charge in [0, 0.05) is 25.7 Å². The predicted octanol–water partition coefficient (Wildman–Crippen LogP) is 10.9. The van der Waals surface area contributed by atoms with Crippen molar-refractivity contribution >= 4 is 0 Å². The molecule has 1 N–H and O–H groups in total. The van der Waals surface area contributed by atoms with E-state index in [2.05, 4.69) is 50.3 Å². The average molecular weight is 545 g/mol. The van der Waals surface area contributed by atoms with Crippen LogP contribution < -0.4 is 0 Å². The molecule has 0 spiro atoms. The van der Waals surface area contributed by atoms with Gasteiger partial charge in [-0.15, -0.1) is 0 Å². The van der Waals surface area contributed by atoms with Gasteiger partial charge in [0.25, 0.3) is 0 Å². The summed E-state index contributed by atoms with van der Waals surface area (Å²) in [4.78, 5) is 0. The molecule has 2 rings (SSSR count). The van der Waals surface area contributed by atoms with Gasteiger partial charge in [-0.2, -0.15) is 0 Å². The van der Waals surface area contributed by atoms with Gasteiger partial charge in [0.1, 0.15) is 0 Å². The summed E-state index contributed by atoms with van der Waals surface area (Å²) in [6, 6.07) is 0. The molecule has 0 bridgehead atoms. The van der Waals surface area contributed by atoms with E-state index in [-0.39, 0.29) is 24.1 Å². The standard InChI is InChI=1S/C36H64O3/c1-3-5-7-9-11-13-15-16-17-18-19-20-22-24-26-28-30-36(38-34-31-33(37)32-35(34)39-36)29-27-25-23-21-14-12-10-8-6-4-2/h6,8,11,13,16-17,33-35,37H,3-5,7,9-10,12,14-15,18-32H2,1-2H3/b8-6-,13-11-,17-16-/t33?,34-,35+,36?. The molecule has 1 saturated heterocycles. The van der Waals surface area contributed by atoms with Crippen molar-refractivity contribution in [2.24, 2.45) is 0 Å². The van der Waals surface area contributed by atoms with E-state index in [9.17, 15) is 5.11 Å². The highest BCUT2D eigenvalue weighted by atomic mass is 16.8. The fraction of sp³-hybridized carbons (Fsp3) is 0.833. The minimum atomic E-state index is -0.379. The topological polar surface area (TPSA) is 38.7 Å². The molecule has 2 unspecified atom stereocenters. The molecule has 3 heteroatoms. The van der Waals surface area contributed by atoms with Crippen molar-refractivity contribution in [3.05, 3.63) is 36.5 Å². The maximum atomic E-state index is 10.0. The Labute approximate surface area is 242 Å². The molecular formula is C36H64O3. The van der Waals surface area contributed by atoms with Crippen molar-refractivity contribution in [2.75, 3.05) is 0 Å². The van der Waals surface area contributed by atoms with Gasteiger partial charge in [-0.3, -0.25) is 0 Å². The van der Waals surface area contributed by atoms with Crippen LogP contribution in [0.5, 0.6) is 0 Å². The zero-order valence-corrected chi connectivity index (χ0v) is 25.9. The molecule has 1 heterocycles. The highest BCUT2D eigenvalue weighted by Gasteiger charge is 2.50. The lowest BCUT2D eigenvalue weighted by atomic mass is 9.98. The molecule has 0 radical (unpaired) electrons. The maximum Gasteiger partial charge on any atom is 0.169 e. The highest BCUT2D eigenvalue weighted by molar-refractivity contribution is 4.94. The van der Waals surface area contributed by atoms with Crippen LogP contribution >= 0.6 is 0 Å². The van der Waals surface area contributed by atoms with Gasteiger partial charge in [0.15, 0.2) is 5.79 Å². The molecule has 0 amide bonds. The Balaban J connectivity index is 1.52. The minimum Gasteiger partial charge on any atom is -0.393 e. The van der Waals surface area contributed by atoms with Crippen molar-refractivity contribution in [3.63, 3.8) is 0 Å². The number of unbranched alkanes of at least 4 members (excludes halogenated alkanes) is 15. The number of aliphatic hydroxyl groups excluding tert-OH is 1. The summed E-state index contributed by atoms with van der Waals surface area (Å²) in [6.07, 6.45) is 43.0. The first-order valence-electron chi connectivity index (χ1n) is 17.2. The molecule has 2 aliphatic rings. The van der Waals surface area contributed by atoms with Crippen molar-refractivity contribution in [3.8, 4) is 0 Å². The Bertz CT molecular complexity index is 638. The summed E-state index contributed by atoms with van der Waals surface area (Å²) < 4.78 is 13.1. The maximum absolute atomic E-state index is 10.0. The van der Waals surface area contributed by atoms with E-state index in [0.29, 0.717) is 0 Å². The van der Waals surface area contributed by atoms with E-state index in [4.69, 9.17) is 9.47 Å². The Morgan fingerprint density at radius 1 is 0.564 bits per heavy atom. The first-order valence-corrected chi connectivity index (χ1v) is 17.2. The van der Waals surface area contributed by atoms with Gasteiger partial charge in [-0.25, -0.2) is 0 Å². The SMILES string of the molecule is CC/C=C\CCCCCCCCC1(CCCCCCCC/C=C\C/C=C\CCCCC)O[C@H]2CC(O)C[C@H]2O1. The van der Waals surface area contributed by atoms with E-state index in [1.165, 1.54) is 116 Å². The highest BCUT2D eigenvalue weighted by Crippen LogP contribution is 2.43. The molecule has 2 fully saturated rings. The zero-order valence-electron chi connectivity index (χ0n) is 25.9. The molecule has 1 saturated carbocycles. The lowest BCUT2D eigenvalue weighted by molar-refractivity contribution is -0.194. The van der Waals surface area contributed by atoms with E-state index < -0.39 is 0 Å². The number of fused-ring (bicyclic) bond motifs is 1. The van der Waals surface area contributed by atoms with Crippen LogP contribution in [0.1, 0.15) is 168 Å². The lowest BCUT2D eigenvalue weighted by Crippen LogP contribution is -2.32. The smallest absolute Gasteiger partial charge is 0.169 e. The second-order valence-electron chi connectivity index (χ2n) is 12.2. The quantitative estimate of drug-likeness (QED) is 0.0917. The molecule has 0 aromatic rings. The number of rotatable bonds is 25. The molecule has 0 aromatic carbocycles. The number of allylic oxidation sites excluding steroid dienone is 6. The Hall–Kier alpha value is -0.900. The third-order valence-electron chi connectivity index (χ3n) is 8.49. The third kappa shape index (κ3) is 16.2. The van der Waals surface area contributed by atoms with E-state index in [1.54, 1.807) is 0 Å². The van der Waals surface area contributed by atoms with Crippen molar-refractivity contribution in [1.29, 1.82) is 0 Å². The molecule has 3 nitrogen and oxygen atoms in total. The largest absolute Gasteiger partial charge is 0.393 e. The van der Waals surface area contributed by atoms with E-state index in [0.717, 1.165) is 38.5 Å². The second kappa shape index (κ2) is 22.8. The average Bonchev–Trinajstić information content (AvgIpc) is 3.43. The monoisotopic (exact) mass is 544 g/mol. The van der Waals surface area contributed by atoms with Crippen LogP contribution in [-0.2, 0) is 9.47 Å². The summed E-state index contributed by atoms with van der Waals surface area (Å²) in [5.41, 5.74) is 0. The number of aliphatic hydroxyl groups is 1. The molecule has 226 valence electrons. The molecule has 0 aromatic heterocycles. The van der Waals surface area contributed by atoms with Gasteiger partial charge in [-0.05, 0) is 64.2 Å².